The fourth-order valence-electron chi connectivity index (χ4n) is 2.58. The Kier molecular flexibility index (Phi) is 4.51. The number of benzene rings is 2. The van der Waals surface area contributed by atoms with Crippen LogP contribution in [0.25, 0.3) is 0 Å². The predicted molar refractivity (Wildman–Crippen MR) is 85.4 cm³/mol. The van der Waals surface area contributed by atoms with Gasteiger partial charge in [-0.2, -0.15) is 0 Å². The lowest BCUT2D eigenvalue weighted by Gasteiger charge is -2.21. The monoisotopic (exact) mass is 334 g/mol. The number of hydrogen-bond acceptors (Lipinski definition) is 2. The highest BCUT2D eigenvalue weighted by Crippen LogP contribution is 2.37. The lowest BCUT2D eigenvalue weighted by molar-refractivity contribution is 0.277. The molecule has 0 fully saturated rings. The van der Waals surface area contributed by atoms with E-state index in [2.05, 4.69) is 22.0 Å². The second-order valence-electron chi connectivity index (χ2n) is 5.18. The van der Waals surface area contributed by atoms with E-state index in [4.69, 9.17) is 0 Å². The van der Waals surface area contributed by atoms with E-state index in [0.717, 1.165) is 32.3 Å². The highest BCUT2D eigenvalue weighted by Gasteiger charge is 2.21. The summed E-state index contributed by atoms with van der Waals surface area (Å²) in [5.41, 5.74) is 4.76. The zero-order chi connectivity index (χ0) is 14.9. The Bertz CT molecular complexity index is 618. The normalized spacial score (nSPS) is 12.4. The van der Waals surface area contributed by atoms with Crippen LogP contribution in [-0.4, -0.2) is 16.8 Å². The average molecular weight is 335 g/mol. The molecule has 0 aliphatic carbocycles. The molecule has 0 amide bonds. The van der Waals surface area contributed by atoms with E-state index in [9.17, 15) is 10.2 Å². The SMILES string of the molecule is Cc1cc(C)c([C@H](CO)c2ccc(Br)cc2)c(O)c1C. The molecule has 2 nitrogen and oxygen atoms in total. The number of phenols is 1. The Hall–Kier alpha value is -1.32. The van der Waals surface area contributed by atoms with Gasteiger partial charge in [-0.3, -0.25) is 0 Å². The van der Waals surface area contributed by atoms with Crippen molar-refractivity contribution in [3.05, 3.63) is 62.6 Å². The molecule has 0 heterocycles. The molecular weight excluding hydrogens is 316 g/mol. The van der Waals surface area contributed by atoms with E-state index >= 15 is 0 Å². The molecule has 0 aliphatic rings. The Labute approximate surface area is 128 Å². The molecule has 0 radical (unpaired) electrons. The number of aliphatic hydroxyl groups is 1. The summed E-state index contributed by atoms with van der Waals surface area (Å²) in [7, 11) is 0. The molecule has 0 saturated carbocycles. The molecule has 106 valence electrons. The lowest BCUT2D eigenvalue weighted by Crippen LogP contribution is -2.09. The molecular formula is C17H19BrO2. The van der Waals surface area contributed by atoms with Crippen molar-refractivity contribution in [2.75, 3.05) is 6.61 Å². The highest BCUT2D eigenvalue weighted by molar-refractivity contribution is 9.10. The van der Waals surface area contributed by atoms with Gasteiger partial charge >= 0.3 is 0 Å². The van der Waals surface area contributed by atoms with Crippen LogP contribution in [0.5, 0.6) is 5.75 Å². The maximum Gasteiger partial charge on any atom is 0.122 e. The zero-order valence-electron chi connectivity index (χ0n) is 11.9. The number of phenolic OH excluding ortho intramolecular Hbond substituents is 1. The van der Waals surface area contributed by atoms with Gasteiger partial charge in [0.1, 0.15) is 5.75 Å². The largest absolute Gasteiger partial charge is 0.507 e. The molecule has 2 aromatic carbocycles. The minimum Gasteiger partial charge on any atom is -0.507 e. The first-order chi connectivity index (χ1) is 9.45. The van der Waals surface area contributed by atoms with Crippen LogP contribution in [-0.2, 0) is 0 Å². The first-order valence-electron chi connectivity index (χ1n) is 6.61. The van der Waals surface area contributed by atoms with Gasteiger partial charge in [-0.25, -0.2) is 0 Å². The summed E-state index contributed by atoms with van der Waals surface area (Å²) in [6.07, 6.45) is 0. The summed E-state index contributed by atoms with van der Waals surface area (Å²) in [4.78, 5) is 0. The fraction of sp³-hybridized carbons (Fsp3) is 0.294. The molecule has 1 atom stereocenters. The Balaban J connectivity index is 2.58. The fourth-order valence-corrected chi connectivity index (χ4v) is 2.85. The Morgan fingerprint density at radius 2 is 1.65 bits per heavy atom. The van der Waals surface area contributed by atoms with Crippen LogP contribution in [0.1, 0.15) is 33.7 Å². The molecule has 2 rings (SSSR count). The second-order valence-corrected chi connectivity index (χ2v) is 6.10. The number of hydrogen-bond donors (Lipinski definition) is 2. The van der Waals surface area contributed by atoms with Crippen LogP contribution in [0.15, 0.2) is 34.8 Å². The summed E-state index contributed by atoms with van der Waals surface area (Å²) in [5, 5.41) is 20.2. The van der Waals surface area contributed by atoms with Crippen LogP contribution in [0.2, 0.25) is 0 Å². The van der Waals surface area contributed by atoms with Gasteiger partial charge in [0.2, 0.25) is 0 Å². The average Bonchev–Trinajstić information content (AvgIpc) is 2.42. The Morgan fingerprint density at radius 1 is 1.05 bits per heavy atom. The van der Waals surface area contributed by atoms with Gasteiger partial charge in [0.05, 0.1) is 6.61 Å². The van der Waals surface area contributed by atoms with Gasteiger partial charge in [-0.15, -0.1) is 0 Å². The maximum atomic E-state index is 10.5. The van der Waals surface area contributed by atoms with Crippen molar-refractivity contribution in [1.82, 2.24) is 0 Å². The number of aromatic hydroxyl groups is 1. The zero-order valence-corrected chi connectivity index (χ0v) is 13.5. The quantitative estimate of drug-likeness (QED) is 0.882. The summed E-state index contributed by atoms with van der Waals surface area (Å²) in [6, 6.07) is 9.90. The minimum absolute atomic E-state index is 0.0292. The van der Waals surface area contributed by atoms with Crippen LogP contribution in [0.4, 0.5) is 0 Å². The third-order valence-electron chi connectivity index (χ3n) is 3.86. The first kappa shape index (κ1) is 15.1. The van der Waals surface area contributed by atoms with Crippen molar-refractivity contribution in [1.29, 1.82) is 0 Å². The number of aryl methyl sites for hydroxylation is 2. The van der Waals surface area contributed by atoms with Crippen molar-refractivity contribution in [3.8, 4) is 5.75 Å². The Morgan fingerprint density at radius 3 is 2.20 bits per heavy atom. The van der Waals surface area contributed by atoms with Gasteiger partial charge < -0.3 is 10.2 Å². The molecule has 20 heavy (non-hydrogen) atoms. The second kappa shape index (κ2) is 5.98. The summed E-state index contributed by atoms with van der Waals surface area (Å²) >= 11 is 3.41. The first-order valence-corrected chi connectivity index (χ1v) is 7.41. The summed E-state index contributed by atoms with van der Waals surface area (Å²) in [6.45, 7) is 5.84. The molecule has 3 heteroatoms. The van der Waals surface area contributed by atoms with Gasteiger partial charge in [-0.05, 0) is 55.2 Å². The molecule has 0 saturated heterocycles. The van der Waals surface area contributed by atoms with Crippen LogP contribution in [0, 0.1) is 20.8 Å². The molecule has 0 aliphatic heterocycles. The molecule has 0 bridgehead atoms. The van der Waals surface area contributed by atoms with Crippen molar-refractivity contribution in [3.63, 3.8) is 0 Å². The summed E-state index contributed by atoms with van der Waals surface area (Å²) in [5.74, 6) is 0.0897. The maximum absolute atomic E-state index is 10.5. The lowest BCUT2D eigenvalue weighted by atomic mass is 9.86. The van der Waals surface area contributed by atoms with Gasteiger partial charge in [-0.1, -0.05) is 34.1 Å². The van der Waals surface area contributed by atoms with E-state index in [-0.39, 0.29) is 12.5 Å². The van der Waals surface area contributed by atoms with Crippen molar-refractivity contribution in [2.24, 2.45) is 0 Å². The highest BCUT2D eigenvalue weighted by atomic mass is 79.9. The van der Waals surface area contributed by atoms with Crippen molar-refractivity contribution in [2.45, 2.75) is 26.7 Å². The standard InChI is InChI=1S/C17H19BrO2/c1-10-8-11(2)16(17(20)12(10)3)15(9-19)13-4-6-14(18)7-5-13/h4-8,15,19-20H,9H2,1-3H3/t15-/m1/s1. The van der Waals surface area contributed by atoms with Crippen molar-refractivity contribution < 1.29 is 10.2 Å². The van der Waals surface area contributed by atoms with E-state index in [1.54, 1.807) is 0 Å². The number of rotatable bonds is 3. The molecule has 2 aromatic rings. The smallest absolute Gasteiger partial charge is 0.122 e. The number of halogens is 1. The van der Waals surface area contributed by atoms with E-state index < -0.39 is 0 Å². The van der Waals surface area contributed by atoms with Gasteiger partial charge in [0.15, 0.2) is 0 Å². The van der Waals surface area contributed by atoms with Crippen molar-refractivity contribution >= 4 is 15.9 Å². The third kappa shape index (κ3) is 2.74. The predicted octanol–water partition coefficient (Wildman–Crippen LogP) is 4.20. The van der Waals surface area contributed by atoms with Crippen LogP contribution in [0.3, 0.4) is 0 Å². The molecule has 2 N–H and O–H groups in total. The third-order valence-corrected chi connectivity index (χ3v) is 4.39. The molecule has 0 aromatic heterocycles. The van der Waals surface area contributed by atoms with Gasteiger partial charge in [0, 0.05) is 16.0 Å². The van der Waals surface area contributed by atoms with E-state index in [0.29, 0.717) is 5.75 Å². The minimum atomic E-state index is -0.206. The van der Waals surface area contributed by atoms with Crippen LogP contribution < -0.4 is 0 Å². The van der Waals surface area contributed by atoms with E-state index in [1.807, 2.05) is 45.0 Å². The van der Waals surface area contributed by atoms with E-state index in [1.165, 1.54) is 0 Å². The number of aliphatic hydroxyl groups excluding tert-OH is 1. The topological polar surface area (TPSA) is 40.5 Å². The van der Waals surface area contributed by atoms with Gasteiger partial charge in [0.25, 0.3) is 0 Å². The summed E-state index contributed by atoms with van der Waals surface area (Å²) < 4.78 is 0.999. The molecule has 0 unspecified atom stereocenters. The van der Waals surface area contributed by atoms with Crippen LogP contribution >= 0.6 is 15.9 Å². The molecule has 0 spiro atoms.